The van der Waals surface area contributed by atoms with E-state index in [1.807, 2.05) is 6.07 Å². The fourth-order valence-corrected chi connectivity index (χ4v) is 2.46. The second-order valence-electron chi connectivity index (χ2n) is 2.89. The van der Waals surface area contributed by atoms with Crippen molar-refractivity contribution in [3.63, 3.8) is 0 Å². The Morgan fingerprint density at radius 1 is 1.57 bits per heavy atom. The molecule has 0 aliphatic carbocycles. The van der Waals surface area contributed by atoms with E-state index in [1.165, 1.54) is 4.88 Å². The van der Waals surface area contributed by atoms with Crippen LogP contribution in [0.2, 0.25) is 0 Å². The minimum Gasteiger partial charge on any atom is -0.345 e. The molecular weight excluding hydrogens is 212 g/mol. The minimum atomic E-state index is 0.703. The second-order valence-corrected chi connectivity index (χ2v) is 4.23. The summed E-state index contributed by atoms with van der Waals surface area (Å²) in [4.78, 5) is 8.47. The molecule has 0 fully saturated rings. The molecular formula is C10H10N2S2. The van der Waals surface area contributed by atoms with Crippen molar-refractivity contribution in [3.05, 3.63) is 34.0 Å². The van der Waals surface area contributed by atoms with Gasteiger partial charge in [-0.2, -0.15) is 0 Å². The van der Waals surface area contributed by atoms with Crippen LogP contribution >= 0.6 is 23.6 Å². The van der Waals surface area contributed by atoms with E-state index in [0.29, 0.717) is 4.64 Å². The van der Waals surface area contributed by atoms with Crippen LogP contribution in [0.1, 0.15) is 12.5 Å². The number of thiophene rings is 1. The summed E-state index contributed by atoms with van der Waals surface area (Å²) in [6.45, 7) is 2.09. The normalized spacial score (nSPS) is 10.4. The van der Waals surface area contributed by atoms with Gasteiger partial charge in [0.1, 0.15) is 4.64 Å². The van der Waals surface area contributed by atoms with E-state index >= 15 is 0 Å². The van der Waals surface area contributed by atoms with Crippen LogP contribution in [0.25, 0.3) is 10.6 Å². The van der Waals surface area contributed by atoms with Gasteiger partial charge in [0.2, 0.25) is 0 Å². The van der Waals surface area contributed by atoms with Crippen molar-refractivity contribution < 1.29 is 0 Å². The molecule has 0 aliphatic heterocycles. The van der Waals surface area contributed by atoms with Crippen molar-refractivity contribution in [2.24, 2.45) is 0 Å². The van der Waals surface area contributed by atoms with E-state index in [9.17, 15) is 0 Å². The molecule has 0 unspecified atom stereocenters. The number of hydrogen-bond acceptors (Lipinski definition) is 3. The van der Waals surface area contributed by atoms with Gasteiger partial charge in [0.05, 0.1) is 16.9 Å². The maximum Gasteiger partial charge on any atom is 0.133 e. The monoisotopic (exact) mass is 222 g/mol. The molecule has 2 nitrogen and oxygen atoms in total. The van der Waals surface area contributed by atoms with Gasteiger partial charge in [-0.05, 0) is 17.9 Å². The first-order valence-electron chi connectivity index (χ1n) is 4.43. The third kappa shape index (κ3) is 1.63. The molecule has 0 amide bonds. The Labute approximate surface area is 91.7 Å². The van der Waals surface area contributed by atoms with E-state index in [1.54, 1.807) is 17.7 Å². The smallest absolute Gasteiger partial charge is 0.133 e. The minimum absolute atomic E-state index is 0.703. The number of aromatic amines is 1. The van der Waals surface area contributed by atoms with Crippen molar-refractivity contribution in [1.82, 2.24) is 9.97 Å². The van der Waals surface area contributed by atoms with Crippen molar-refractivity contribution in [1.29, 1.82) is 0 Å². The Kier molecular flexibility index (Phi) is 2.74. The molecule has 2 heterocycles. The van der Waals surface area contributed by atoms with Gasteiger partial charge < -0.3 is 4.98 Å². The topological polar surface area (TPSA) is 28.7 Å². The van der Waals surface area contributed by atoms with Gasteiger partial charge in [-0.15, -0.1) is 11.3 Å². The molecule has 0 radical (unpaired) electrons. The summed E-state index contributed by atoms with van der Waals surface area (Å²) < 4.78 is 0.703. The van der Waals surface area contributed by atoms with Gasteiger partial charge in [-0.1, -0.05) is 25.2 Å². The van der Waals surface area contributed by atoms with Crippen LogP contribution in [-0.4, -0.2) is 9.97 Å². The van der Waals surface area contributed by atoms with Crippen LogP contribution in [0.5, 0.6) is 0 Å². The number of nitrogens with zero attached hydrogens (tertiary/aromatic N) is 1. The molecule has 72 valence electrons. The first-order valence-corrected chi connectivity index (χ1v) is 5.72. The maximum absolute atomic E-state index is 5.19. The van der Waals surface area contributed by atoms with E-state index in [0.717, 1.165) is 17.7 Å². The summed E-state index contributed by atoms with van der Waals surface area (Å²) in [6.07, 6.45) is 2.58. The number of rotatable bonds is 2. The van der Waals surface area contributed by atoms with E-state index in [-0.39, 0.29) is 0 Å². The standard InChI is InChI=1S/C10H10N2S2/c1-2-7-9(8-4-3-5-14-8)11-6-12-10(7)13/h3-6H,2H2,1H3,(H,11,12,13). The maximum atomic E-state index is 5.19. The van der Waals surface area contributed by atoms with Crippen LogP contribution in [0.15, 0.2) is 23.8 Å². The first kappa shape index (κ1) is 9.55. The van der Waals surface area contributed by atoms with Gasteiger partial charge in [0, 0.05) is 5.56 Å². The van der Waals surface area contributed by atoms with Crippen molar-refractivity contribution in [2.45, 2.75) is 13.3 Å². The zero-order valence-electron chi connectivity index (χ0n) is 7.78. The van der Waals surface area contributed by atoms with Gasteiger partial charge in [-0.3, -0.25) is 0 Å². The van der Waals surface area contributed by atoms with Crippen LogP contribution in [0.3, 0.4) is 0 Å². The molecule has 0 aliphatic rings. The Hall–Kier alpha value is -1.00. The quantitative estimate of drug-likeness (QED) is 0.789. The van der Waals surface area contributed by atoms with Crippen molar-refractivity contribution >= 4 is 23.6 Å². The molecule has 2 aromatic heterocycles. The predicted octanol–water partition coefficient (Wildman–Crippen LogP) is 3.43. The molecule has 0 saturated carbocycles. The molecule has 4 heteroatoms. The molecule has 0 aromatic carbocycles. The van der Waals surface area contributed by atoms with E-state index in [4.69, 9.17) is 12.2 Å². The highest BCUT2D eigenvalue weighted by Crippen LogP contribution is 2.26. The van der Waals surface area contributed by atoms with Gasteiger partial charge in [0.15, 0.2) is 0 Å². The Balaban J connectivity index is 2.64. The Morgan fingerprint density at radius 2 is 2.43 bits per heavy atom. The molecule has 2 rings (SSSR count). The van der Waals surface area contributed by atoms with Crippen molar-refractivity contribution in [2.75, 3.05) is 0 Å². The fraction of sp³-hybridized carbons (Fsp3) is 0.200. The predicted molar refractivity (Wildman–Crippen MR) is 62.1 cm³/mol. The lowest BCUT2D eigenvalue weighted by Crippen LogP contribution is -1.93. The average molecular weight is 222 g/mol. The lowest BCUT2D eigenvalue weighted by molar-refractivity contribution is 1.04. The highest BCUT2D eigenvalue weighted by molar-refractivity contribution is 7.71. The summed E-state index contributed by atoms with van der Waals surface area (Å²) in [5.41, 5.74) is 2.24. The number of H-pyrrole nitrogens is 1. The molecule has 0 saturated heterocycles. The molecule has 2 aromatic rings. The highest BCUT2D eigenvalue weighted by atomic mass is 32.1. The average Bonchev–Trinajstić information content (AvgIpc) is 2.70. The Bertz CT molecular complexity index is 471. The van der Waals surface area contributed by atoms with Gasteiger partial charge in [0.25, 0.3) is 0 Å². The fourth-order valence-electron chi connectivity index (χ4n) is 1.40. The zero-order chi connectivity index (χ0) is 9.97. The highest BCUT2D eigenvalue weighted by Gasteiger charge is 2.06. The number of aromatic nitrogens is 2. The molecule has 0 bridgehead atoms. The summed E-state index contributed by atoms with van der Waals surface area (Å²) in [5, 5.41) is 2.06. The van der Waals surface area contributed by atoms with Gasteiger partial charge >= 0.3 is 0 Å². The molecule has 1 N–H and O–H groups in total. The third-order valence-corrected chi connectivity index (χ3v) is 3.31. The van der Waals surface area contributed by atoms with Crippen LogP contribution in [0, 0.1) is 4.64 Å². The SMILES string of the molecule is CCc1c(-c2cccs2)[nH]cnc1=S. The van der Waals surface area contributed by atoms with E-state index < -0.39 is 0 Å². The van der Waals surface area contributed by atoms with Gasteiger partial charge in [-0.25, -0.2) is 4.98 Å². The molecule has 0 atom stereocenters. The molecule has 14 heavy (non-hydrogen) atoms. The number of nitrogens with one attached hydrogen (secondary N) is 1. The first-order chi connectivity index (χ1) is 6.83. The van der Waals surface area contributed by atoms with Crippen LogP contribution in [-0.2, 0) is 6.42 Å². The summed E-state index contributed by atoms with van der Waals surface area (Å²) in [5.74, 6) is 0. The Morgan fingerprint density at radius 3 is 3.07 bits per heavy atom. The van der Waals surface area contributed by atoms with E-state index in [2.05, 4.69) is 28.3 Å². The third-order valence-electron chi connectivity index (χ3n) is 2.07. The largest absolute Gasteiger partial charge is 0.345 e. The van der Waals surface area contributed by atoms with Crippen LogP contribution < -0.4 is 0 Å². The summed E-state index contributed by atoms with van der Waals surface area (Å²) >= 11 is 6.90. The number of hydrogen-bond donors (Lipinski definition) is 1. The second kappa shape index (κ2) is 4.02. The van der Waals surface area contributed by atoms with Crippen molar-refractivity contribution in [3.8, 4) is 10.6 Å². The lowest BCUT2D eigenvalue weighted by atomic mass is 10.1. The van der Waals surface area contributed by atoms with Crippen LogP contribution in [0.4, 0.5) is 0 Å². The molecule has 0 spiro atoms. The lowest BCUT2D eigenvalue weighted by Gasteiger charge is -2.04. The summed E-state index contributed by atoms with van der Waals surface area (Å²) in [6, 6.07) is 4.13. The summed E-state index contributed by atoms with van der Waals surface area (Å²) in [7, 11) is 0. The zero-order valence-corrected chi connectivity index (χ0v) is 9.41.